The molecule has 0 bridgehead atoms. The van der Waals surface area contributed by atoms with E-state index in [0.29, 0.717) is 22.3 Å². The summed E-state index contributed by atoms with van der Waals surface area (Å²) in [5, 5.41) is 1.82. The van der Waals surface area contributed by atoms with E-state index < -0.39 is 36.2 Å². The molecule has 120 valence electrons. The zero-order chi connectivity index (χ0) is 16.8. The van der Waals surface area contributed by atoms with Crippen molar-refractivity contribution in [1.82, 2.24) is 5.32 Å². The van der Waals surface area contributed by atoms with Crippen LogP contribution >= 0.6 is 0 Å². The van der Waals surface area contributed by atoms with Gasteiger partial charge in [-0.3, -0.25) is 4.79 Å². The van der Waals surface area contributed by atoms with Crippen LogP contribution < -0.4 is 5.32 Å². The van der Waals surface area contributed by atoms with Crippen molar-refractivity contribution in [3.63, 3.8) is 0 Å². The van der Waals surface area contributed by atoms with Gasteiger partial charge in [-0.05, 0) is 46.5 Å². The van der Waals surface area contributed by atoms with E-state index >= 15 is 0 Å². The minimum atomic E-state index is -4.54. The fourth-order valence-electron chi connectivity index (χ4n) is 2.77. The zero-order valence-electron chi connectivity index (χ0n) is 11.5. The monoisotopic (exact) mass is 327 g/mol. The molecular weight excluding hydrogens is 317 g/mol. The molecule has 0 saturated carbocycles. The molecule has 3 rings (SSSR count). The van der Waals surface area contributed by atoms with Crippen molar-refractivity contribution in [2.24, 2.45) is 0 Å². The highest BCUT2D eigenvalue weighted by atomic mass is 19.4. The summed E-state index contributed by atoms with van der Waals surface area (Å²) in [6, 6.07) is 7.19. The molecule has 1 aliphatic carbocycles. The molecule has 0 atom stereocenters. The Morgan fingerprint density at radius 1 is 0.957 bits per heavy atom. The van der Waals surface area contributed by atoms with Crippen LogP contribution in [0.4, 0.5) is 22.0 Å². The highest BCUT2D eigenvalue weighted by molar-refractivity contribution is 5.96. The molecule has 0 unspecified atom stereocenters. The van der Waals surface area contributed by atoms with E-state index in [1.807, 2.05) is 5.32 Å². The highest BCUT2D eigenvalue weighted by Gasteiger charge is 2.36. The van der Waals surface area contributed by atoms with E-state index in [1.165, 1.54) is 12.1 Å². The predicted octanol–water partition coefficient (Wildman–Crippen LogP) is 3.76. The smallest absolute Gasteiger partial charge is 0.346 e. The summed E-state index contributed by atoms with van der Waals surface area (Å²) in [7, 11) is 0. The van der Waals surface area contributed by atoms with Crippen LogP contribution in [0.25, 0.3) is 11.1 Å². The number of alkyl halides is 3. The Bertz CT molecular complexity index is 733. The van der Waals surface area contributed by atoms with Gasteiger partial charge in [0.2, 0.25) is 5.91 Å². The molecule has 1 N–H and O–H groups in total. The van der Waals surface area contributed by atoms with Gasteiger partial charge in [0.05, 0.1) is 5.92 Å². The lowest BCUT2D eigenvalue weighted by molar-refractivity contribution is -0.138. The minimum Gasteiger partial charge on any atom is -0.346 e. The summed E-state index contributed by atoms with van der Waals surface area (Å²) in [4.78, 5) is 12.2. The normalized spacial score (nSPS) is 13.6. The number of hydrogen-bond acceptors (Lipinski definition) is 1. The van der Waals surface area contributed by atoms with Crippen LogP contribution in [-0.4, -0.2) is 18.6 Å². The third kappa shape index (κ3) is 2.91. The largest absolute Gasteiger partial charge is 0.405 e. The van der Waals surface area contributed by atoms with Gasteiger partial charge < -0.3 is 5.32 Å². The molecule has 2 aromatic carbocycles. The van der Waals surface area contributed by atoms with Gasteiger partial charge in [0, 0.05) is 0 Å². The number of carbonyl (C=O) groups excluding carboxylic acids is 1. The van der Waals surface area contributed by atoms with Gasteiger partial charge in [-0.1, -0.05) is 12.1 Å². The number of halogens is 5. The van der Waals surface area contributed by atoms with Crippen molar-refractivity contribution in [2.45, 2.75) is 12.1 Å². The van der Waals surface area contributed by atoms with Gasteiger partial charge >= 0.3 is 6.18 Å². The number of nitrogens with one attached hydrogen (secondary N) is 1. The van der Waals surface area contributed by atoms with Crippen LogP contribution in [0.5, 0.6) is 0 Å². The molecule has 0 aromatic heterocycles. The lowest BCUT2D eigenvalue weighted by Crippen LogP contribution is -2.36. The molecule has 0 aliphatic heterocycles. The van der Waals surface area contributed by atoms with E-state index in [1.54, 1.807) is 0 Å². The fourth-order valence-corrected chi connectivity index (χ4v) is 2.77. The van der Waals surface area contributed by atoms with Gasteiger partial charge in [0.15, 0.2) is 0 Å². The summed E-state index contributed by atoms with van der Waals surface area (Å²) >= 11 is 0. The summed E-state index contributed by atoms with van der Waals surface area (Å²) in [5.41, 5.74) is 1.33. The van der Waals surface area contributed by atoms with E-state index in [-0.39, 0.29) is 0 Å². The molecule has 2 aromatic rings. The van der Waals surface area contributed by atoms with Crippen molar-refractivity contribution in [3.8, 4) is 11.1 Å². The van der Waals surface area contributed by atoms with Crippen molar-refractivity contribution >= 4 is 5.91 Å². The molecular formula is C16H10F5NO. The Kier molecular flexibility index (Phi) is 3.58. The molecule has 1 aliphatic rings. The van der Waals surface area contributed by atoms with Gasteiger partial charge in [-0.25, -0.2) is 8.78 Å². The molecule has 0 radical (unpaired) electrons. The average molecular weight is 327 g/mol. The number of carbonyl (C=O) groups is 1. The van der Waals surface area contributed by atoms with Crippen LogP contribution in [0.3, 0.4) is 0 Å². The first kappa shape index (κ1) is 15.5. The minimum absolute atomic E-state index is 0.312. The predicted molar refractivity (Wildman–Crippen MR) is 72.7 cm³/mol. The van der Waals surface area contributed by atoms with Crippen LogP contribution in [0, 0.1) is 11.6 Å². The number of amides is 1. The molecule has 23 heavy (non-hydrogen) atoms. The summed E-state index contributed by atoms with van der Waals surface area (Å²) in [6.07, 6.45) is -4.54. The number of hydrogen-bond donors (Lipinski definition) is 1. The topological polar surface area (TPSA) is 29.1 Å². The fraction of sp³-hybridized carbons (Fsp3) is 0.188. The zero-order valence-corrected chi connectivity index (χ0v) is 11.5. The first-order valence-corrected chi connectivity index (χ1v) is 6.70. The standard InChI is InChI=1S/C16H10F5NO/c17-8-1-3-10-12(5-8)13-6-9(18)2-4-11(13)14(10)15(23)22-7-16(19,20)21/h1-6,14H,7H2,(H,22,23). The molecule has 2 nitrogen and oxygen atoms in total. The van der Waals surface area contributed by atoms with Crippen molar-refractivity contribution in [2.75, 3.05) is 6.54 Å². The molecule has 0 fully saturated rings. The second-order valence-corrected chi connectivity index (χ2v) is 5.23. The Hall–Kier alpha value is -2.44. The Balaban J connectivity index is 2.03. The lowest BCUT2D eigenvalue weighted by Gasteiger charge is -2.15. The van der Waals surface area contributed by atoms with Crippen LogP contribution in [-0.2, 0) is 4.79 Å². The van der Waals surface area contributed by atoms with Crippen LogP contribution in [0.1, 0.15) is 17.0 Å². The Morgan fingerprint density at radius 3 is 1.87 bits per heavy atom. The third-order valence-electron chi connectivity index (χ3n) is 3.67. The molecule has 0 spiro atoms. The maximum Gasteiger partial charge on any atom is 0.405 e. The Morgan fingerprint density at radius 2 is 1.43 bits per heavy atom. The molecule has 0 saturated heterocycles. The summed E-state index contributed by atoms with van der Waals surface area (Å²) in [5.74, 6) is -3.03. The molecule has 1 amide bonds. The third-order valence-corrected chi connectivity index (χ3v) is 3.67. The lowest BCUT2D eigenvalue weighted by atomic mass is 9.96. The first-order chi connectivity index (χ1) is 10.8. The SMILES string of the molecule is O=C(NCC(F)(F)F)C1c2ccc(F)cc2-c2cc(F)ccc21. The van der Waals surface area contributed by atoms with Gasteiger partial charge in [0.1, 0.15) is 18.2 Å². The van der Waals surface area contributed by atoms with Gasteiger partial charge in [-0.2, -0.15) is 13.2 Å². The molecule has 0 heterocycles. The molecule has 7 heteroatoms. The van der Waals surface area contributed by atoms with Gasteiger partial charge in [0.25, 0.3) is 0 Å². The van der Waals surface area contributed by atoms with Gasteiger partial charge in [-0.15, -0.1) is 0 Å². The summed E-state index contributed by atoms with van der Waals surface area (Å²) in [6.45, 7) is -1.46. The van der Waals surface area contributed by atoms with Crippen molar-refractivity contribution in [1.29, 1.82) is 0 Å². The van der Waals surface area contributed by atoms with E-state index in [4.69, 9.17) is 0 Å². The first-order valence-electron chi connectivity index (χ1n) is 6.70. The van der Waals surface area contributed by atoms with E-state index in [0.717, 1.165) is 24.3 Å². The van der Waals surface area contributed by atoms with E-state index in [9.17, 15) is 26.7 Å². The summed E-state index contributed by atoms with van der Waals surface area (Å²) < 4.78 is 63.8. The highest BCUT2D eigenvalue weighted by Crippen LogP contribution is 2.45. The number of fused-ring (bicyclic) bond motifs is 3. The van der Waals surface area contributed by atoms with E-state index in [2.05, 4.69) is 0 Å². The quantitative estimate of drug-likeness (QED) is 0.836. The average Bonchev–Trinajstić information content (AvgIpc) is 2.77. The number of benzene rings is 2. The maximum atomic E-state index is 13.4. The van der Waals surface area contributed by atoms with Crippen molar-refractivity contribution in [3.05, 3.63) is 59.2 Å². The second kappa shape index (κ2) is 5.33. The van der Waals surface area contributed by atoms with Crippen LogP contribution in [0.2, 0.25) is 0 Å². The van der Waals surface area contributed by atoms with Crippen LogP contribution in [0.15, 0.2) is 36.4 Å². The second-order valence-electron chi connectivity index (χ2n) is 5.23. The number of rotatable bonds is 2. The Labute approximate surface area is 127 Å². The maximum absolute atomic E-state index is 13.4. The van der Waals surface area contributed by atoms with Crippen molar-refractivity contribution < 1.29 is 26.7 Å².